The van der Waals surface area contributed by atoms with Crippen molar-refractivity contribution < 1.29 is 17.9 Å². The first kappa shape index (κ1) is 15.8. The van der Waals surface area contributed by atoms with Crippen LogP contribution in [0.4, 0.5) is 0 Å². The molecule has 0 saturated carbocycles. The first-order valence-corrected chi connectivity index (χ1v) is 8.95. The highest BCUT2D eigenvalue weighted by molar-refractivity contribution is 7.91. The quantitative estimate of drug-likeness (QED) is 0.840. The van der Waals surface area contributed by atoms with Gasteiger partial charge < -0.3 is 9.64 Å². The molecule has 1 aromatic rings. The van der Waals surface area contributed by atoms with Crippen molar-refractivity contribution in [2.45, 2.75) is 24.5 Å². The number of piperidine rings is 1. The Morgan fingerprint density at radius 1 is 1.24 bits per heavy atom. The van der Waals surface area contributed by atoms with Crippen LogP contribution in [0.25, 0.3) is 0 Å². The number of ether oxygens (including phenoxy) is 1. The van der Waals surface area contributed by atoms with Crippen LogP contribution < -0.4 is 4.74 Å². The maximum absolute atomic E-state index is 12.2. The first-order valence-electron chi connectivity index (χ1n) is 6.99. The maximum Gasteiger partial charge on any atom is 0.226 e. The SMILES string of the molecule is COc1ccc(CC(=O)N2CCC(S(C)(=O)=O)CC2)cc1. The van der Waals surface area contributed by atoms with Gasteiger partial charge in [-0.25, -0.2) is 8.42 Å². The second-order valence-corrected chi connectivity index (χ2v) is 7.76. The predicted octanol–water partition coefficient (Wildman–Crippen LogP) is 1.27. The molecule has 21 heavy (non-hydrogen) atoms. The highest BCUT2D eigenvalue weighted by atomic mass is 32.2. The molecular weight excluding hydrogens is 290 g/mol. The van der Waals surface area contributed by atoms with Crippen molar-refractivity contribution in [2.24, 2.45) is 0 Å². The topological polar surface area (TPSA) is 63.7 Å². The molecule has 1 aromatic carbocycles. The summed E-state index contributed by atoms with van der Waals surface area (Å²) in [7, 11) is -1.39. The Bertz CT molecular complexity index is 587. The Labute approximate surface area is 125 Å². The lowest BCUT2D eigenvalue weighted by molar-refractivity contribution is -0.131. The van der Waals surface area contributed by atoms with E-state index in [2.05, 4.69) is 0 Å². The molecule has 0 atom stereocenters. The van der Waals surface area contributed by atoms with E-state index >= 15 is 0 Å². The molecule has 116 valence electrons. The van der Waals surface area contributed by atoms with Gasteiger partial charge in [0.2, 0.25) is 5.91 Å². The number of amides is 1. The van der Waals surface area contributed by atoms with Crippen molar-refractivity contribution in [3.63, 3.8) is 0 Å². The Balaban J connectivity index is 1.90. The number of methoxy groups -OCH3 is 1. The van der Waals surface area contributed by atoms with E-state index in [4.69, 9.17) is 4.74 Å². The van der Waals surface area contributed by atoms with Gasteiger partial charge in [-0.1, -0.05) is 12.1 Å². The molecule has 5 nitrogen and oxygen atoms in total. The summed E-state index contributed by atoms with van der Waals surface area (Å²) in [6, 6.07) is 7.41. The van der Waals surface area contributed by atoms with Crippen LogP contribution in [-0.4, -0.2) is 50.9 Å². The summed E-state index contributed by atoms with van der Waals surface area (Å²) >= 11 is 0. The van der Waals surface area contributed by atoms with Gasteiger partial charge in [0.15, 0.2) is 0 Å². The third kappa shape index (κ3) is 4.20. The predicted molar refractivity (Wildman–Crippen MR) is 81.1 cm³/mol. The summed E-state index contributed by atoms with van der Waals surface area (Å²) in [6.45, 7) is 1.04. The van der Waals surface area contributed by atoms with E-state index in [0.717, 1.165) is 11.3 Å². The number of benzene rings is 1. The Morgan fingerprint density at radius 2 is 1.81 bits per heavy atom. The van der Waals surface area contributed by atoms with Crippen molar-refractivity contribution in [1.29, 1.82) is 0 Å². The minimum atomic E-state index is -2.99. The van der Waals surface area contributed by atoms with Crippen LogP contribution in [0.15, 0.2) is 24.3 Å². The average molecular weight is 311 g/mol. The lowest BCUT2D eigenvalue weighted by Gasteiger charge is -2.31. The molecule has 6 heteroatoms. The van der Waals surface area contributed by atoms with Gasteiger partial charge in [-0.05, 0) is 30.5 Å². The van der Waals surface area contributed by atoms with E-state index in [1.165, 1.54) is 6.26 Å². The molecule has 1 heterocycles. The van der Waals surface area contributed by atoms with Crippen molar-refractivity contribution in [2.75, 3.05) is 26.5 Å². The fourth-order valence-electron chi connectivity index (χ4n) is 2.56. The first-order chi connectivity index (χ1) is 9.90. The van der Waals surface area contributed by atoms with E-state index in [1.807, 2.05) is 24.3 Å². The minimum absolute atomic E-state index is 0.0483. The standard InChI is InChI=1S/C15H21NO4S/c1-20-13-5-3-12(4-6-13)11-15(17)16-9-7-14(8-10-16)21(2,18)19/h3-6,14H,7-11H2,1-2H3. The summed E-state index contributed by atoms with van der Waals surface area (Å²) in [6.07, 6.45) is 2.68. The van der Waals surface area contributed by atoms with Gasteiger partial charge >= 0.3 is 0 Å². The molecule has 1 aliphatic rings. The zero-order valence-electron chi connectivity index (χ0n) is 12.4. The van der Waals surface area contributed by atoms with Crippen molar-refractivity contribution in [3.05, 3.63) is 29.8 Å². The zero-order valence-corrected chi connectivity index (χ0v) is 13.2. The molecule has 1 fully saturated rings. The van der Waals surface area contributed by atoms with Crippen LogP contribution in [-0.2, 0) is 21.1 Å². The van der Waals surface area contributed by atoms with Crippen LogP contribution in [0.3, 0.4) is 0 Å². The molecule has 0 bridgehead atoms. The number of hydrogen-bond donors (Lipinski definition) is 0. The fourth-order valence-corrected chi connectivity index (χ4v) is 3.63. The maximum atomic E-state index is 12.2. The number of rotatable bonds is 4. The highest BCUT2D eigenvalue weighted by Crippen LogP contribution is 2.18. The van der Waals surface area contributed by atoms with E-state index in [-0.39, 0.29) is 11.2 Å². The lowest BCUT2D eigenvalue weighted by atomic mass is 10.1. The molecular formula is C15H21NO4S. The molecule has 0 unspecified atom stereocenters. The van der Waals surface area contributed by atoms with Crippen LogP contribution in [0.2, 0.25) is 0 Å². The summed E-state index contributed by atoms with van der Waals surface area (Å²) < 4.78 is 28.1. The largest absolute Gasteiger partial charge is 0.497 e. The van der Waals surface area contributed by atoms with Crippen LogP contribution in [0.5, 0.6) is 5.75 Å². The third-order valence-electron chi connectivity index (χ3n) is 3.91. The van der Waals surface area contributed by atoms with Crippen molar-refractivity contribution >= 4 is 15.7 Å². The Morgan fingerprint density at radius 3 is 2.29 bits per heavy atom. The molecule has 0 aromatic heterocycles. The summed E-state index contributed by atoms with van der Waals surface area (Å²) in [5.74, 6) is 0.812. The summed E-state index contributed by atoms with van der Waals surface area (Å²) in [4.78, 5) is 14.0. The third-order valence-corrected chi connectivity index (χ3v) is 5.60. The molecule has 0 N–H and O–H groups in total. The molecule has 1 saturated heterocycles. The van der Waals surface area contributed by atoms with Crippen LogP contribution >= 0.6 is 0 Å². The summed E-state index contributed by atoms with van der Waals surface area (Å²) in [5.41, 5.74) is 0.936. The number of nitrogens with zero attached hydrogens (tertiary/aromatic N) is 1. The second kappa shape index (κ2) is 6.47. The van der Waals surface area contributed by atoms with E-state index in [9.17, 15) is 13.2 Å². The van der Waals surface area contributed by atoms with E-state index in [1.54, 1.807) is 12.0 Å². The van der Waals surface area contributed by atoms with Crippen molar-refractivity contribution in [3.8, 4) is 5.75 Å². The number of sulfone groups is 1. The molecule has 0 radical (unpaired) electrons. The highest BCUT2D eigenvalue weighted by Gasteiger charge is 2.28. The van der Waals surface area contributed by atoms with Gasteiger partial charge in [0.25, 0.3) is 0 Å². The van der Waals surface area contributed by atoms with Gasteiger partial charge in [0.1, 0.15) is 15.6 Å². The number of likely N-dealkylation sites (tertiary alicyclic amines) is 1. The molecule has 2 rings (SSSR count). The smallest absolute Gasteiger partial charge is 0.226 e. The van der Waals surface area contributed by atoms with Gasteiger partial charge in [0, 0.05) is 19.3 Å². The number of carbonyl (C=O) groups is 1. The van der Waals surface area contributed by atoms with Crippen molar-refractivity contribution in [1.82, 2.24) is 4.90 Å². The number of carbonyl (C=O) groups excluding carboxylic acids is 1. The average Bonchev–Trinajstić information content (AvgIpc) is 2.47. The zero-order chi connectivity index (χ0) is 15.5. The monoisotopic (exact) mass is 311 g/mol. The Kier molecular flexibility index (Phi) is 4.88. The van der Waals surface area contributed by atoms with Gasteiger partial charge in [-0.2, -0.15) is 0 Å². The van der Waals surface area contributed by atoms with E-state index < -0.39 is 9.84 Å². The molecule has 0 aliphatic carbocycles. The second-order valence-electron chi connectivity index (χ2n) is 5.43. The Hall–Kier alpha value is -1.56. The van der Waals surface area contributed by atoms with E-state index in [0.29, 0.717) is 32.4 Å². The van der Waals surface area contributed by atoms with Gasteiger partial charge in [0.05, 0.1) is 18.8 Å². The number of hydrogen-bond acceptors (Lipinski definition) is 4. The minimum Gasteiger partial charge on any atom is -0.497 e. The molecule has 1 aliphatic heterocycles. The van der Waals surface area contributed by atoms with Crippen LogP contribution in [0.1, 0.15) is 18.4 Å². The van der Waals surface area contributed by atoms with Gasteiger partial charge in [-0.3, -0.25) is 4.79 Å². The lowest BCUT2D eigenvalue weighted by Crippen LogP contribution is -2.42. The molecule has 1 amide bonds. The fraction of sp³-hybridized carbons (Fsp3) is 0.533. The van der Waals surface area contributed by atoms with Gasteiger partial charge in [-0.15, -0.1) is 0 Å². The molecule has 0 spiro atoms. The normalized spacial score (nSPS) is 16.8. The summed E-state index contributed by atoms with van der Waals surface area (Å²) in [5, 5.41) is -0.303. The van der Waals surface area contributed by atoms with Crippen LogP contribution in [0, 0.1) is 0 Å².